The Kier molecular flexibility index (Phi) is 4.44. The molecule has 2 aromatic rings. The molecule has 0 heterocycles. The van der Waals surface area contributed by atoms with Crippen molar-refractivity contribution in [2.75, 3.05) is 6.61 Å². The summed E-state index contributed by atoms with van der Waals surface area (Å²) < 4.78 is 5.30. The topological polar surface area (TPSA) is 72.5 Å². The van der Waals surface area contributed by atoms with Crippen LogP contribution in [0.5, 0.6) is 5.75 Å². The molecule has 5 nitrogen and oxygen atoms in total. The number of carbonyl (C=O) groups is 3. The highest BCUT2D eigenvalue weighted by molar-refractivity contribution is 6.50. The van der Waals surface area contributed by atoms with Crippen LogP contribution in [-0.4, -0.2) is 24.1 Å². The molecule has 2 aromatic carbocycles. The van der Waals surface area contributed by atoms with Gasteiger partial charge in [0.2, 0.25) is 11.6 Å². The highest BCUT2D eigenvalue weighted by atomic mass is 35.5. The molecule has 0 saturated carbocycles. The highest BCUT2D eigenvalue weighted by Crippen LogP contribution is 2.27. The quantitative estimate of drug-likeness (QED) is 0.928. The summed E-state index contributed by atoms with van der Waals surface area (Å²) in [7, 11) is 0. The lowest BCUT2D eigenvalue weighted by atomic mass is 9.92. The standard InChI is InChI=1S/C18H12ClNO4/c19-15-16(18(23)13-9-5-4-8-12(13)17(15)22)20-14(21)10-24-11-6-2-1-3-7-11/h1-9H,10H2,(H,20,21). The first kappa shape index (κ1) is 16.0. The van der Waals surface area contributed by atoms with Crippen LogP contribution in [0, 0.1) is 0 Å². The number of nitrogens with one attached hydrogen (secondary N) is 1. The van der Waals surface area contributed by atoms with Crippen LogP contribution in [0.3, 0.4) is 0 Å². The van der Waals surface area contributed by atoms with E-state index in [2.05, 4.69) is 5.32 Å². The average Bonchev–Trinajstić information content (AvgIpc) is 2.62. The van der Waals surface area contributed by atoms with Gasteiger partial charge in [-0.15, -0.1) is 0 Å². The Hall–Kier alpha value is -2.92. The summed E-state index contributed by atoms with van der Waals surface area (Å²) in [6.07, 6.45) is 0. The van der Waals surface area contributed by atoms with Crippen molar-refractivity contribution in [3.05, 3.63) is 76.5 Å². The van der Waals surface area contributed by atoms with Crippen molar-refractivity contribution in [3.63, 3.8) is 0 Å². The van der Waals surface area contributed by atoms with E-state index in [-0.39, 0.29) is 28.5 Å². The maximum Gasteiger partial charge on any atom is 0.262 e. The van der Waals surface area contributed by atoms with Gasteiger partial charge in [0.15, 0.2) is 6.61 Å². The molecule has 0 atom stereocenters. The zero-order chi connectivity index (χ0) is 17.1. The van der Waals surface area contributed by atoms with Gasteiger partial charge in [0.1, 0.15) is 16.5 Å². The van der Waals surface area contributed by atoms with Crippen LogP contribution in [0.2, 0.25) is 0 Å². The summed E-state index contributed by atoms with van der Waals surface area (Å²) >= 11 is 5.97. The number of amides is 1. The first-order valence-corrected chi connectivity index (χ1v) is 7.51. The predicted octanol–water partition coefficient (Wildman–Crippen LogP) is 2.71. The number of fused-ring (bicyclic) bond motifs is 1. The second-order valence-electron chi connectivity index (χ2n) is 5.04. The van der Waals surface area contributed by atoms with Gasteiger partial charge in [-0.2, -0.15) is 0 Å². The highest BCUT2D eigenvalue weighted by Gasteiger charge is 2.32. The fourth-order valence-electron chi connectivity index (χ4n) is 2.30. The van der Waals surface area contributed by atoms with Crippen molar-refractivity contribution in [1.82, 2.24) is 5.32 Å². The van der Waals surface area contributed by atoms with Gasteiger partial charge in [0, 0.05) is 11.1 Å². The Morgan fingerprint density at radius 3 is 2.17 bits per heavy atom. The van der Waals surface area contributed by atoms with E-state index >= 15 is 0 Å². The van der Waals surface area contributed by atoms with E-state index in [1.165, 1.54) is 12.1 Å². The molecule has 0 aromatic heterocycles. The van der Waals surface area contributed by atoms with Crippen LogP contribution >= 0.6 is 11.6 Å². The number of rotatable bonds is 4. The number of Topliss-reactive ketones (excluding diaryl/α,β-unsaturated/α-hetero) is 2. The fraction of sp³-hybridized carbons (Fsp3) is 0.0556. The van der Waals surface area contributed by atoms with Gasteiger partial charge >= 0.3 is 0 Å². The lowest BCUT2D eigenvalue weighted by Gasteiger charge is -2.18. The number of para-hydroxylation sites is 1. The fourth-order valence-corrected chi connectivity index (χ4v) is 2.53. The molecule has 3 rings (SSSR count). The molecule has 120 valence electrons. The number of hydrogen-bond acceptors (Lipinski definition) is 4. The summed E-state index contributed by atoms with van der Waals surface area (Å²) in [4.78, 5) is 36.6. The van der Waals surface area contributed by atoms with Gasteiger partial charge in [-0.3, -0.25) is 14.4 Å². The Labute approximate surface area is 142 Å². The Morgan fingerprint density at radius 1 is 0.917 bits per heavy atom. The first-order chi connectivity index (χ1) is 11.6. The summed E-state index contributed by atoms with van der Waals surface area (Å²) in [5.41, 5.74) is 0.222. The Bertz CT molecular complexity index is 858. The van der Waals surface area contributed by atoms with Gasteiger partial charge in [0.05, 0.1) is 0 Å². The smallest absolute Gasteiger partial charge is 0.262 e. The molecule has 1 amide bonds. The summed E-state index contributed by atoms with van der Waals surface area (Å²) in [6.45, 7) is -0.305. The minimum Gasteiger partial charge on any atom is -0.484 e. The zero-order valence-electron chi connectivity index (χ0n) is 12.4. The lowest BCUT2D eigenvalue weighted by Crippen LogP contribution is -2.35. The predicted molar refractivity (Wildman–Crippen MR) is 88.1 cm³/mol. The van der Waals surface area contributed by atoms with Crippen LogP contribution in [0.4, 0.5) is 0 Å². The monoisotopic (exact) mass is 341 g/mol. The number of benzene rings is 2. The molecule has 1 aliphatic carbocycles. The third kappa shape index (κ3) is 3.07. The van der Waals surface area contributed by atoms with Gasteiger partial charge in [-0.1, -0.05) is 54.1 Å². The molecule has 0 fully saturated rings. The molecule has 6 heteroatoms. The minimum atomic E-state index is -0.576. The van der Waals surface area contributed by atoms with Crippen molar-refractivity contribution < 1.29 is 19.1 Å². The number of allylic oxidation sites excluding steroid dienone is 2. The largest absolute Gasteiger partial charge is 0.484 e. The molecule has 0 unspecified atom stereocenters. The van der Waals surface area contributed by atoms with E-state index in [0.29, 0.717) is 5.75 Å². The van der Waals surface area contributed by atoms with Gasteiger partial charge in [-0.05, 0) is 12.1 Å². The number of halogens is 1. The number of hydrogen-bond donors (Lipinski definition) is 1. The van der Waals surface area contributed by atoms with Crippen LogP contribution in [0.1, 0.15) is 20.7 Å². The summed E-state index contributed by atoms with van der Waals surface area (Å²) in [5.74, 6) is -1.05. The first-order valence-electron chi connectivity index (χ1n) is 7.14. The summed E-state index contributed by atoms with van der Waals surface area (Å²) in [5, 5.41) is 2.07. The number of ether oxygens (including phenoxy) is 1. The second-order valence-corrected chi connectivity index (χ2v) is 5.42. The molecule has 0 radical (unpaired) electrons. The molecule has 0 spiro atoms. The van der Waals surface area contributed by atoms with Gasteiger partial charge < -0.3 is 10.1 Å². The van der Waals surface area contributed by atoms with E-state index in [1.807, 2.05) is 6.07 Å². The lowest BCUT2D eigenvalue weighted by molar-refractivity contribution is -0.122. The maximum atomic E-state index is 12.4. The minimum absolute atomic E-state index is 0.214. The third-order valence-corrected chi connectivity index (χ3v) is 3.80. The normalized spacial score (nSPS) is 13.5. The number of carbonyl (C=O) groups excluding carboxylic acids is 3. The molecular formula is C18H12ClNO4. The maximum absolute atomic E-state index is 12.4. The molecular weight excluding hydrogens is 330 g/mol. The number of ketones is 2. The van der Waals surface area contributed by atoms with Gasteiger partial charge in [-0.25, -0.2) is 0 Å². The SMILES string of the molecule is O=C(COc1ccccc1)NC1=C(Cl)C(=O)c2ccccc2C1=O. The van der Waals surface area contributed by atoms with Gasteiger partial charge in [0.25, 0.3) is 5.91 Å². The molecule has 24 heavy (non-hydrogen) atoms. The second kappa shape index (κ2) is 6.68. The van der Waals surface area contributed by atoms with Crippen molar-refractivity contribution >= 4 is 29.1 Å². The average molecular weight is 342 g/mol. The van der Waals surface area contributed by atoms with Crippen LogP contribution in [0.15, 0.2) is 65.3 Å². The van der Waals surface area contributed by atoms with Crippen LogP contribution in [-0.2, 0) is 4.79 Å². The molecule has 1 aliphatic rings. The summed E-state index contributed by atoms with van der Waals surface area (Å²) in [6, 6.07) is 15.1. The van der Waals surface area contributed by atoms with Crippen LogP contribution < -0.4 is 10.1 Å². The van der Waals surface area contributed by atoms with Crippen molar-refractivity contribution in [2.45, 2.75) is 0 Å². The molecule has 0 aliphatic heterocycles. The Balaban J connectivity index is 1.75. The molecule has 1 N–H and O–H groups in total. The van der Waals surface area contributed by atoms with E-state index in [4.69, 9.17) is 16.3 Å². The molecule has 0 saturated heterocycles. The van der Waals surface area contributed by atoms with E-state index in [0.717, 1.165) is 0 Å². The van der Waals surface area contributed by atoms with E-state index in [9.17, 15) is 14.4 Å². The Morgan fingerprint density at radius 2 is 1.50 bits per heavy atom. The van der Waals surface area contributed by atoms with Crippen molar-refractivity contribution in [3.8, 4) is 5.75 Å². The van der Waals surface area contributed by atoms with E-state index in [1.54, 1.807) is 36.4 Å². The zero-order valence-corrected chi connectivity index (χ0v) is 13.2. The van der Waals surface area contributed by atoms with Crippen LogP contribution in [0.25, 0.3) is 0 Å². The van der Waals surface area contributed by atoms with E-state index < -0.39 is 17.5 Å². The molecule has 0 bridgehead atoms. The van der Waals surface area contributed by atoms with Crippen molar-refractivity contribution in [2.24, 2.45) is 0 Å². The van der Waals surface area contributed by atoms with Crippen molar-refractivity contribution in [1.29, 1.82) is 0 Å². The third-order valence-electron chi connectivity index (χ3n) is 3.44.